The van der Waals surface area contributed by atoms with Gasteiger partial charge in [-0.05, 0) is 35.9 Å². The molecule has 0 fully saturated rings. The van der Waals surface area contributed by atoms with Gasteiger partial charge in [0.1, 0.15) is 5.69 Å². The van der Waals surface area contributed by atoms with Gasteiger partial charge in [0.2, 0.25) is 0 Å². The minimum Gasteiger partial charge on any atom is -0.326 e. The van der Waals surface area contributed by atoms with Gasteiger partial charge in [-0.15, -0.1) is 5.23 Å². The number of halogens is 4. The minimum atomic E-state index is -4.57. The smallest absolute Gasteiger partial charge is 0.326 e. The Kier molecular flexibility index (Phi) is 4.87. The molecule has 142 valence electrons. The zero-order valence-electron chi connectivity index (χ0n) is 13.5. The van der Waals surface area contributed by atoms with Gasteiger partial charge in [0.25, 0.3) is 5.91 Å². The van der Waals surface area contributed by atoms with Gasteiger partial charge in [-0.2, -0.15) is 13.2 Å². The van der Waals surface area contributed by atoms with Crippen LogP contribution in [0.15, 0.2) is 42.6 Å². The summed E-state index contributed by atoms with van der Waals surface area (Å²) >= 11 is 5.81. The Balaban J connectivity index is 2.18. The summed E-state index contributed by atoms with van der Waals surface area (Å²) in [5, 5.41) is 18.5. The normalized spacial score (nSPS) is 11.8. The topological polar surface area (TPSA) is 91.7 Å². The van der Waals surface area contributed by atoms with Gasteiger partial charge in [0.05, 0.1) is 16.1 Å². The lowest BCUT2D eigenvalue weighted by Gasteiger charge is -2.12. The first-order valence-electron chi connectivity index (χ1n) is 7.57. The van der Waals surface area contributed by atoms with Crippen molar-refractivity contribution in [3.05, 3.63) is 64.3 Å². The van der Waals surface area contributed by atoms with Crippen LogP contribution in [0.1, 0.15) is 21.5 Å². The highest BCUT2D eigenvalue weighted by Crippen LogP contribution is 2.33. The molecule has 10 heteroatoms. The van der Waals surface area contributed by atoms with Gasteiger partial charge in [-0.3, -0.25) is 19.8 Å². The monoisotopic (exact) mass is 399 g/mol. The number of benzene rings is 2. The molecule has 0 saturated carbocycles. The molecule has 0 aliphatic rings. The second kappa shape index (κ2) is 6.86. The number of alkyl halides is 3. The number of aromatic nitrogens is 1. The number of anilines is 1. The molecule has 4 N–H and O–H groups in total. The Morgan fingerprint density at radius 3 is 2.48 bits per heavy atom. The van der Waals surface area contributed by atoms with Gasteiger partial charge in [0, 0.05) is 23.7 Å². The predicted octanol–water partition coefficient (Wildman–Crippen LogP) is 4.05. The maximum Gasteiger partial charge on any atom is 0.416 e. The van der Waals surface area contributed by atoms with Crippen molar-refractivity contribution in [2.75, 3.05) is 5.23 Å². The third-order valence-corrected chi connectivity index (χ3v) is 4.38. The first-order valence-corrected chi connectivity index (χ1v) is 7.94. The Labute approximate surface area is 155 Å². The van der Waals surface area contributed by atoms with E-state index in [0.29, 0.717) is 10.9 Å². The van der Waals surface area contributed by atoms with Crippen molar-refractivity contribution < 1.29 is 28.4 Å². The summed E-state index contributed by atoms with van der Waals surface area (Å²) in [5.41, 5.74) is 5.00. The van der Waals surface area contributed by atoms with E-state index >= 15 is 0 Å². The Morgan fingerprint density at radius 2 is 1.89 bits per heavy atom. The molecule has 0 aliphatic carbocycles. The molecular formula is C17H13ClF3N3O3. The fourth-order valence-corrected chi connectivity index (χ4v) is 2.94. The second-order valence-corrected chi connectivity index (χ2v) is 6.13. The lowest BCUT2D eigenvalue weighted by molar-refractivity contribution is -0.137. The Morgan fingerprint density at radius 1 is 1.19 bits per heavy atom. The van der Waals surface area contributed by atoms with Crippen molar-refractivity contribution >= 4 is 34.1 Å². The molecule has 2 aromatic carbocycles. The zero-order valence-corrected chi connectivity index (χ0v) is 14.3. The van der Waals surface area contributed by atoms with Crippen LogP contribution < -0.4 is 11.0 Å². The minimum absolute atomic E-state index is 0.0135. The van der Waals surface area contributed by atoms with E-state index in [1.807, 2.05) is 0 Å². The molecule has 0 aliphatic heterocycles. The lowest BCUT2D eigenvalue weighted by Crippen LogP contribution is -2.15. The molecule has 1 aromatic heterocycles. The van der Waals surface area contributed by atoms with Crippen molar-refractivity contribution in [1.82, 2.24) is 4.57 Å². The predicted molar refractivity (Wildman–Crippen MR) is 92.1 cm³/mol. The largest absolute Gasteiger partial charge is 0.416 e. The van der Waals surface area contributed by atoms with Crippen LogP contribution in [0.5, 0.6) is 0 Å². The molecule has 0 atom stereocenters. The number of carbonyl (C=O) groups excluding carboxylic acids is 1. The summed E-state index contributed by atoms with van der Waals surface area (Å²) in [6.45, 7) is 0.0229. The van der Waals surface area contributed by atoms with Gasteiger partial charge >= 0.3 is 6.18 Å². The van der Waals surface area contributed by atoms with Crippen molar-refractivity contribution in [3.8, 4) is 0 Å². The maximum atomic E-state index is 13.1. The summed E-state index contributed by atoms with van der Waals surface area (Å²) in [5.74, 6) is -0.682. The van der Waals surface area contributed by atoms with Crippen LogP contribution >= 0.6 is 11.6 Å². The van der Waals surface area contributed by atoms with Crippen LogP contribution in [0, 0.1) is 0 Å². The number of nitrogens with zero attached hydrogens (tertiary/aromatic N) is 2. The molecule has 0 bridgehead atoms. The number of rotatable bonds is 3. The van der Waals surface area contributed by atoms with E-state index in [-0.39, 0.29) is 33.6 Å². The lowest BCUT2D eigenvalue weighted by atomic mass is 10.1. The van der Waals surface area contributed by atoms with Crippen LogP contribution in [0.25, 0.3) is 10.9 Å². The van der Waals surface area contributed by atoms with Gasteiger partial charge in [0.15, 0.2) is 0 Å². The number of hydrogen-bond acceptors (Lipinski definition) is 5. The number of hydrogen-bond donors (Lipinski definition) is 3. The molecule has 0 spiro atoms. The molecule has 3 rings (SSSR count). The Bertz CT molecular complexity index is 1030. The molecule has 1 heterocycles. The van der Waals surface area contributed by atoms with Crippen molar-refractivity contribution in [2.24, 2.45) is 5.73 Å². The third-order valence-electron chi connectivity index (χ3n) is 4.06. The quantitative estimate of drug-likeness (QED) is 0.578. The summed E-state index contributed by atoms with van der Waals surface area (Å²) < 4.78 is 40.2. The maximum absolute atomic E-state index is 13.1. The van der Waals surface area contributed by atoms with E-state index in [9.17, 15) is 18.0 Å². The third kappa shape index (κ3) is 3.50. The molecular weight excluding hydrogens is 387 g/mol. The standard InChI is InChI=1S/C17H13ClF3N3O3/c18-13-4-1-9(5-15(13)24(26)27)16(25)23-8-10(7-22)12-3-2-11(6-14(12)23)17(19,20)21/h1-6,8,26-27H,7,22H2. The van der Waals surface area contributed by atoms with Crippen LogP contribution in [0.3, 0.4) is 0 Å². The average molecular weight is 400 g/mol. The Hall–Kier alpha value is -2.59. The highest BCUT2D eigenvalue weighted by Gasteiger charge is 2.31. The zero-order chi connectivity index (χ0) is 19.9. The van der Waals surface area contributed by atoms with Crippen LogP contribution in [-0.4, -0.2) is 20.9 Å². The van der Waals surface area contributed by atoms with Crippen molar-refractivity contribution in [2.45, 2.75) is 12.7 Å². The van der Waals surface area contributed by atoms with E-state index in [4.69, 9.17) is 27.7 Å². The molecule has 0 amide bonds. The first-order chi connectivity index (χ1) is 12.6. The number of nitrogens with two attached hydrogens (primary N) is 1. The SMILES string of the molecule is NCc1cn(C(=O)c2ccc(Cl)c(N(O)O)c2)c2cc(C(F)(F)F)ccc12. The summed E-state index contributed by atoms with van der Waals surface area (Å²) in [6, 6.07) is 6.74. The molecule has 0 unspecified atom stereocenters. The van der Waals surface area contributed by atoms with E-state index in [1.54, 1.807) is 0 Å². The van der Waals surface area contributed by atoms with E-state index in [1.165, 1.54) is 24.4 Å². The fraction of sp³-hybridized carbons (Fsp3) is 0.118. The van der Waals surface area contributed by atoms with Crippen molar-refractivity contribution in [1.29, 1.82) is 0 Å². The van der Waals surface area contributed by atoms with Gasteiger partial charge < -0.3 is 5.73 Å². The highest BCUT2D eigenvalue weighted by atomic mass is 35.5. The summed E-state index contributed by atoms with van der Waals surface area (Å²) in [6.07, 6.45) is -3.21. The van der Waals surface area contributed by atoms with Crippen LogP contribution in [-0.2, 0) is 12.7 Å². The van der Waals surface area contributed by atoms with Crippen LogP contribution in [0.2, 0.25) is 5.02 Å². The van der Waals surface area contributed by atoms with Crippen molar-refractivity contribution in [3.63, 3.8) is 0 Å². The van der Waals surface area contributed by atoms with Gasteiger partial charge in [-0.25, -0.2) is 0 Å². The first kappa shape index (κ1) is 19.2. The highest BCUT2D eigenvalue weighted by molar-refractivity contribution is 6.33. The number of fused-ring (bicyclic) bond motifs is 1. The summed E-state index contributed by atoms with van der Waals surface area (Å²) in [7, 11) is 0. The number of carbonyl (C=O) groups is 1. The van der Waals surface area contributed by atoms with E-state index in [0.717, 1.165) is 22.8 Å². The van der Waals surface area contributed by atoms with E-state index < -0.39 is 17.6 Å². The second-order valence-electron chi connectivity index (χ2n) is 5.72. The van der Waals surface area contributed by atoms with Gasteiger partial charge in [-0.1, -0.05) is 17.7 Å². The van der Waals surface area contributed by atoms with E-state index in [2.05, 4.69) is 0 Å². The fourth-order valence-electron chi connectivity index (χ4n) is 2.74. The molecule has 3 aromatic rings. The molecule has 0 radical (unpaired) electrons. The molecule has 27 heavy (non-hydrogen) atoms. The molecule has 0 saturated heterocycles. The van der Waals surface area contributed by atoms with Crippen LogP contribution in [0.4, 0.5) is 18.9 Å². The summed E-state index contributed by atoms with van der Waals surface area (Å²) in [4.78, 5) is 12.9. The molecule has 6 nitrogen and oxygen atoms in total. The average Bonchev–Trinajstić information content (AvgIpc) is 2.98.